The highest BCUT2D eigenvalue weighted by Crippen LogP contribution is 2.19. The Bertz CT molecular complexity index is 579. The highest BCUT2D eigenvalue weighted by atomic mass is 16.5. The Hall–Kier alpha value is -2.04. The molecule has 1 atom stereocenters. The van der Waals surface area contributed by atoms with Crippen molar-refractivity contribution in [3.63, 3.8) is 0 Å². The summed E-state index contributed by atoms with van der Waals surface area (Å²) < 4.78 is 10.8. The fourth-order valence-corrected chi connectivity index (χ4v) is 2.81. The van der Waals surface area contributed by atoms with Crippen molar-refractivity contribution in [2.75, 3.05) is 6.61 Å². The standard InChI is InChI=1S/C19H27NO4/c1-13-8-9-14(2)17(12-13)23-11-10-18(21)24-15(3)19(22)20-16-6-4-5-7-16/h8-9,12,15-16H,4-7,10-11H2,1-3H3,(H,20,22)/t15-/m0/s1. The van der Waals surface area contributed by atoms with E-state index in [1.165, 1.54) is 0 Å². The molecule has 132 valence electrons. The van der Waals surface area contributed by atoms with Gasteiger partial charge in [-0.05, 0) is 50.8 Å². The number of hydrogen-bond donors (Lipinski definition) is 1. The molecule has 0 aromatic heterocycles. The van der Waals surface area contributed by atoms with Crippen LogP contribution in [0, 0.1) is 13.8 Å². The molecule has 1 fully saturated rings. The number of amides is 1. The van der Waals surface area contributed by atoms with Crippen molar-refractivity contribution in [2.45, 2.75) is 65.0 Å². The summed E-state index contributed by atoms with van der Waals surface area (Å²) in [5.74, 6) is 0.134. The molecule has 0 aliphatic heterocycles. The van der Waals surface area contributed by atoms with E-state index in [9.17, 15) is 9.59 Å². The highest BCUT2D eigenvalue weighted by molar-refractivity contribution is 5.83. The summed E-state index contributed by atoms with van der Waals surface area (Å²) in [4.78, 5) is 23.8. The lowest BCUT2D eigenvalue weighted by Crippen LogP contribution is -2.41. The molecule has 1 saturated carbocycles. The van der Waals surface area contributed by atoms with Crippen molar-refractivity contribution in [3.8, 4) is 5.75 Å². The molecule has 1 aromatic rings. The molecule has 0 unspecified atom stereocenters. The van der Waals surface area contributed by atoms with Crippen molar-refractivity contribution in [2.24, 2.45) is 0 Å². The number of benzene rings is 1. The molecule has 2 rings (SSSR count). The number of hydrogen-bond acceptors (Lipinski definition) is 4. The first-order valence-electron chi connectivity index (χ1n) is 8.65. The van der Waals surface area contributed by atoms with Gasteiger partial charge in [0.15, 0.2) is 6.10 Å². The second kappa shape index (κ2) is 8.71. The molecule has 1 aliphatic rings. The normalized spacial score (nSPS) is 15.8. The summed E-state index contributed by atoms with van der Waals surface area (Å²) in [6, 6.07) is 6.17. The lowest BCUT2D eigenvalue weighted by molar-refractivity contribution is -0.155. The molecule has 1 N–H and O–H groups in total. The molecule has 1 aliphatic carbocycles. The van der Waals surface area contributed by atoms with Crippen molar-refractivity contribution in [1.82, 2.24) is 5.32 Å². The SMILES string of the molecule is Cc1ccc(C)c(OCCC(=O)O[C@@H](C)C(=O)NC2CCCC2)c1. The second-order valence-corrected chi connectivity index (χ2v) is 6.49. The van der Waals surface area contributed by atoms with Crippen LogP contribution in [0.3, 0.4) is 0 Å². The number of ether oxygens (including phenoxy) is 2. The lowest BCUT2D eigenvalue weighted by Gasteiger charge is -2.17. The minimum atomic E-state index is -0.765. The van der Waals surface area contributed by atoms with E-state index in [1.54, 1.807) is 6.92 Å². The zero-order valence-electron chi connectivity index (χ0n) is 14.8. The Morgan fingerprint density at radius 3 is 2.67 bits per heavy atom. The third kappa shape index (κ3) is 5.55. The molecule has 24 heavy (non-hydrogen) atoms. The first kappa shape index (κ1) is 18.3. The third-order valence-corrected chi connectivity index (χ3v) is 4.29. The van der Waals surface area contributed by atoms with Gasteiger partial charge in [0.2, 0.25) is 0 Å². The van der Waals surface area contributed by atoms with Gasteiger partial charge in [-0.3, -0.25) is 9.59 Å². The van der Waals surface area contributed by atoms with Crippen LogP contribution >= 0.6 is 0 Å². The maximum Gasteiger partial charge on any atom is 0.310 e. The Labute approximate surface area is 143 Å². The van der Waals surface area contributed by atoms with E-state index in [-0.39, 0.29) is 25.0 Å². The van der Waals surface area contributed by atoms with E-state index in [0.29, 0.717) is 0 Å². The van der Waals surface area contributed by atoms with Crippen LogP contribution in [0.15, 0.2) is 18.2 Å². The molecular formula is C19H27NO4. The number of nitrogens with one attached hydrogen (secondary N) is 1. The van der Waals surface area contributed by atoms with Crippen LogP contribution in [-0.4, -0.2) is 30.6 Å². The summed E-state index contributed by atoms with van der Waals surface area (Å²) >= 11 is 0. The Kier molecular flexibility index (Phi) is 6.64. The summed E-state index contributed by atoms with van der Waals surface area (Å²) in [5.41, 5.74) is 2.13. The fourth-order valence-electron chi connectivity index (χ4n) is 2.81. The van der Waals surface area contributed by atoms with E-state index in [4.69, 9.17) is 9.47 Å². The van der Waals surface area contributed by atoms with Crippen molar-refractivity contribution in [1.29, 1.82) is 0 Å². The van der Waals surface area contributed by atoms with Gasteiger partial charge in [-0.25, -0.2) is 0 Å². The molecule has 5 heteroatoms. The van der Waals surface area contributed by atoms with E-state index in [1.807, 2.05) is 32.0 Å². The zero-order valence-corrected chi connectivity index (χ0v) is 14.8. The van der Waals surface area contributed by atoms with Gasteiger partial charge in [-0.1, -0.05) is 25.0 Å². The molecule has 0 heterocycles. The molecule has 0 saturated heterocycles. The summed E-state index contributed by atoms with van der Waals surface area (Å²) in [6.45, 7) is 5.79. The first-order valence-corrected chi connectivity index (χ1v) is 8.65. The smallest absolute Gasteiger partial charge is 0.310 e. The van der Waals surface area contributed by atoms with Crippen molar-refractivity contribution in [3.05, 3.63) is 29.3 Å². The second-order valence-electron chi connectivity index (χ2n) is 6.49. The number of esters is 1. The van der Waals surface area contributed by atoms with Crippen LogP contribution in [0.2, 0.25) is 0 Å². The average molecular weight is 333 g/mol. The van der Waals surface area contributed by atoms with Gasteiger partial charge in [0.05, 0.1) is 13.0 Å². The van der Waals surface area contributed by atoms with Crippen LogP contribution in [0.5, 0.6) is 5.75 Å². The van der Waals surface area contributed by atoms with Gasteiger partial charge in [-0.15, -0.1) is 0 Å². The number of carbonyl (C=O) groups is 2. The molecule has 0 spiro atoms. The minimum absolute atomic E-state index is 0.119. The summed E-state index contributed by atoms with van der Waals surface area (Å²) in [7, 11) is 0. The number of carbonyl (C=O) groups excluding carboxylic acids is 2. The maximum atomic E-state index is 12.0. The lowest BCUT2D eigenvalue weighted by atomic mass is 10.1. The number of aryl methyl sites for hydroxylation is 2. The Morgan fingerprint density at radius 1 is 1.25 bits per heavy atom. The predicted molar refractivity (Wildman–Crippen MR) is 92.0 cm³/mol. The van der Waals surface area contributed by atoms with Crippen LogP contribution in [0.25, 0.3) is 0 Å². The predicted octanol–water partition coefficient (Wildman–Crippen LogP) is 3.06. The molecule has 5 nitrogen and oxygen atoms in total. The summed E-state index contributed by atoms with van der Waals surface area (Å²) in [5, 5.41) is 2.93. The van der Waals surface area contributed by atoms with E-state index < -0.39 is 12.1 Å². The quantitative estimate of drug-likeness (QED) is 0.779. The van der Waals surface area contributed by atoms with E-state index in [0.717, 1.165) is 42.6 Å². The fraction of sp³-hybridized carbons (Fsp3) is 0.579. The van der Waals surface area contributed by atoms with E-state index >= 15 is 0 Å². The van der Waals surface area contributed by atoms with Gasteiger partial charge in [0.1, 0.15) is 5.75 Å². The van der Waals surface area contributed by atoms with Crippen molar-refractivity contribution < 1.29 is 19.1 Å². The zero-order chi connectivity index (χ0) is 17.5. The van der Waals surface area contributed by atoms with Crippen LogP contribution in [0.4, 0.5) is 0 Å². The van der Waals surface area contributed by atoms with Crippen LogP contribution in [0.1, 0.15) is 50.2 Å². The Morgan fingerprint density at radius 2 is 1.96 bits per heavy atom. The van der Waals surface area contributed by atoms with Gasteiger partial charge in [0.25, 0.3) is 5.91 Å². The third-order valence-electron chi connectivity index (χ3n) is 4.29. The van der Waals surface area contributed by atoms with Gasteiger partial charge >= 0.3 is 5.97 Å². The Balaban J connectivity index is 1.70. The van der Waals surface area contributed by atoms with E-state index in [2.05, 4.69) is 5.32 Å². The highest BCUT2D eigenvalue weighted by Gasteiger charge is 2.22. The molecule has 0 bridgehead atoms. The van der Waals surface area contributed by atoms with Crippen LogP contribution in [-0.2, 0) is 14.3 Å². The van der Waals surface area contributed by atoms with Crippen molar-refractivity contribution >= 4 is 11.9 Å². The van der Waals surface area contributed by atoms with Gasteiger partial charge in [0, 0.05) is 6.04 Å². The van der Waals surface area contributed by atoms with Gasteiger partial charge < -0.3 is 14.8 Å². The van der Waals surface area contributed by atoms with Gasteiger partial charge in [-0.2, -0.15) is 0 Å². The molecule has 1 amide bonds. The maximum absolute atomic E-state index is 12.0. The monoisotopic (exact) mass is 333 g/mol. The largest absolute Gasteiger partial charge is 0.493 e. The molecule has 0 radical (unpaired) electrons. The van der Waals surface area contributed by atoms with Crippen LogP contribution < -0.4 is 10.1 Å². The first-order chi connectivity index (χ1) is 11.5. The topological polar surface area (TPSA) is 64.6 Å². The molecule has 1 aromatic carbocycles. The molecular weight excluding hydrogens is 306 g/mol. The number of rotatable bonds is 7. The minimum Gasteiger partial charge on any atom is -0.493 e. The average Bonchev–Trinajstić information content (AvgIpc) is 3.03. The summed E-state index contributed by atoms with van der Waals surface area (Å²) in [6.07, 6.45) is 3.67.